The molecule has 21 heavy (non-hydrogen) atoms. The van der Waals surface area contributed by atoms with Crippen LogP contribution in [0.1, 0.15) is 20.8 Å². The van der Waals surface area contributed by atoms with E-state index in [0.717, 1.165) is 29.7 Å². The Kier molecular flexibility index (Phi) is 5.50. The van der Waals surface area contributed by atoms with Gasteiger partial charge in [0.2, 0.25) is 11.9 Å². The van der Waals surface area contributed by atoms with Crippen LogP contribution in [0.4, 0.5) is 11.9 Å². The summed E-state index contributed by atoms with van der Waals surface area (Å²) in [5.41, 5.74) is 0.965. The van der Waals surface area contributed by atoms with Crippen molar-refractivity contribution in [3.05, 3.63) is 28.7 Å². The summed E-state index contributed by atoms with van der Waals surface area (Å²) in [6, 6.07) is 7.95. The lowest BCUT2D eigenvalue weighted by Gasteiger charge is -2.19. The number of benzene rings is 1. The number of hydrogen-bond donors (Lipinski definition) is 1. The Bertz CT molecular complexity index is 598. The summed E-state index contributed by atoms with van der Waals surface area (Å²) in [6.07, 6.45) is 0. The summed E-state index contributed by atoms with van der Waals surface area (Å²) in [4.78, 5) is 15.7. The van der Waals surface area contributed by atoms with Crippen LogP contribution in [0.5, 0.6) is 0 Å². The van der Waals surface area contributed by atoms with E-state index in [1.807, 2.05) is 31.2 Å². The number of nitrogens with zero attached hydrogens (tertiary/aromatic N) is 4. The molecule has 0 aliphatic heterocycles. The van der Waals surface area contributed by atoms with Gasteiger partial charge in [-0.05, 0) is 26.8 Å². The second-order valence-electron chi connectivity index (χ2n) is 4.47. The van der Waals surface area contributed by atoms with Crippen LogP contribution in [0.3, 0.4) is 0 Å². The molecule has 2 rings (SSSR count). The summed E-state index contributed by atoms with van der Waals surface area (Å²) in [6.45, 7) is 8.72. The third-order valence-electron chi connectivity index (χ3n) is 3.12. The smallest absolute Gasteiger partial charge is 0.230 e. The molecule has 0 bridgehead atoms. The molecule has 1 heterocycles. The highest BCUT2D eigenvalue weighted by atomic mass is 79.9. The quantitative estimate of drug-likeness (QED) is 0.863. The highest BCUT2D eigenvalue weighted by Crippen LogP contribution is 2.26. The first-order chi connectivity index (χ1) is 10.2. The van der Waals surface area contributed by atoms with Crippen LogP contribution < -0.4 is 10.2 Å². The zero-order chi connectivity index (χ0) is 15.2. The maximum Gasteiger partial charge on any atom is 0.230 e. The Morgan fingerprint density at radius 2 is 1.76 bits per heavy atom. The predicted molar refractivity (Wildman–Crippen MR) is 90.7 cm³/mol. The van der Waals surface area contributed by atoms with Crippen LogP contribution in [0, 0.1) is 0 Å². The molecule has 0 atom stereocenters. The van der Waals surface area contributed by atoms with Gasteiger partial charge in [-0.15, -0.1) is 0 Å². The first kappa shape index (κ1) is 15.7. The highest BCUT2D eigenvalue weighted by molar-refractivity contribution is 9.10. The van der Waals surface area contributed by atoms with Crippen molar-refractivity contribution >= 4 is 27.8 Å². The summed E-state index contributed by atoms with van der Waals surface area (Å²) in [5.74, 6) is 1.99. The van der Waals surface area contributed by atoms with E-state index in [1.54, 1.807) is 0 Å². The van der Waals surface area contributed by atoms with E-state index < -0.39 is 0 Å². The Labute approximate surface area is 134 Å². The molecule has 6 heteroatoms. The second kappa shape index (κ2) is 7.36. The van der Waals surface area contributed by atoms with E-state index in [4.69, 9.17) is 0 Å². The predicted octanol–water partition coefficient (Wildman–Crippen LogP) is 3.58. The molecule has 0 amide bonds. The Balaban J connectivity index is 2.52. The van der Waals surface area contributed by atoms with Crippen LogP contribution in [-0.4, -0.2) is 34.6 Å². The van der Waals surface area contributed by atoms with Gasteiger partial charge in [-0.2, -0.15) is 15.0 Å². The topological polar surface area (TPSA) is 53.9 Å². The molecule has 0 aliphatic carbocycles. The standard InChI is InChI=1S/C15H20BrN5/c1-4-17-14-18-13(11-9-7-8-10-12(11)16)19-15(20-14)21(5-2)6-3/h7-10H,4-6H2,1-3H3,(H,17,18,19,20). The Hall–Kier alpha value is -1.69. The van der Waals surface area contributed by atoms with Gasteiger partial charge in [0.1, 0.15) is 0 Å². The van der Waals surface area contributed by atoms with Gasteiger partial charge >= 0.3 is 0 Å². The van der Waals surface area contributed by atoms with Crippen LogP contribution >= 0.6 is 15.9 Å². The van der Waals surface area contributed by atoms with Crippen LogP contribution in [0.2, 0.25) is 0 Å². The van der Waals surface area contributed by atoms with E-state index in [9.17, 15) is 0 Å². The molecular weight excluding hydrogens is 330 g/mol. The van der Waals surface area contributed by atoms with Crippen molar-refractivity contribution in [1.29, 1.82) is 0 Å². The van der Waals surface area contributed by atoms with Crippen molar-refractivity contribution in [2.24, 2.45) is 0 Å². The van der Waals surface area contributed by atoms with Gasteiger partial charge in [-0.25, -0.2) is 0 Å². The molecule has 112 valence electrons. The zero-order valence-electron chi connectivity index (χ0n) is 12.6. The van der Waals surface area contributed by atoms with Crippen LogP contribution in [0.15, 0.2) is 28.7 Å². The fourth-order valence-corrected chi connectivity index (χ4v) is 2.47. The van der Waals surface area contributed by atoms with Crippen molar-refractivity contribution in [3.8, 4) is 11.4 Å². The second-order valence-corrected chi connectivity index (χ2v) is 5.32. The normalized spacial score (nSPS) is 10.5. The first-order valence-electron chi connectivity index (χ1n) is 7.19. The lowest BCUT2D eigenvalue weighted by atomic mass is 10.2. The maximum atomic E-state index is 4.62. The van der Waals surface area contributed by atoms with Crippen molar-refractivity contribution in [1.82, 2.24) is 15.0 Å². The molecule has 2 aromatic rings. The van der Waals surface area contributed by atoms with Gasteiger partial charge in [-0.3, -0.25) is 0 Å². The summed E-state index contributed by atoms with van der Waals surface area (Å²) < 4.78 is 0.976. The van der Waals surface area contributed by atoms with Gasteiger partial charge in [-0.1, -0.05) is 34.1 Å². The third-order valence-corrected chi connectivity index (χ3v) is 3.81. The molecule has 0 radical (unpaired) electrons. The number of aromatic nitrogens is 3. The largest absolute Gasteiger partial charge is 0.354 e. The van der Waals surface area contributed by atoms with E-state index in [1.165, 1.54) is 0 Å². The third kappa shape index (κ3) is 3.69. The lowest BCUT2D eigenvalue weighted by molar-refractivity contribution is 0.813. The molecule has 0 fully saturated rings. The van der Waals surface area contributed by atoms with E-state index in [-0.39, 0.29) is 0 Å². The number of rotatable bonds is 6. The fourth-order valence-electron chi connectivity index (χ4n) is 2.01. The van der Waals surface area contributed by atoms with Crippen molar-refractivity contribution in [2.75, 3.05) is 29.9 Å². The fraction of sp³-hybridized carbons (Fsp3) is 0.400. The summed E-state index contributed by atoms with van der Waals surface area (Å²) >= 11 is 3.56. The average molecular weight is 350 g/mol. The minimum absolute atomic E-state index is 0.611. The average Bonchev–Trinajstić information content (AvgIpc) is 2.49. The molecule has 1 aromatic heterocycles. The van der Waals surface area contributed by atoms with E-state index in [2.05, 4.69) is 54.9 Å². The van der Waals surface area contributed by atoms with Crippen molar-refractivity contribution in [2.45, 2.75) is 20.8 Å². The minimum atomic E-state index is 0.611. The monoisotopic (exact) mass is 349 g/mol. The highest BCUT2D eigenvalue weighted by Gasteiger charge is 2.13. The first-order valence-corrected chi connectivity index (χ1v) is 7.98. The van der Waals surface area contributed by atoms with Gasteiger partial charge in [0, 0.05) is 29.7 Å². The summed E-state index contributed by atoms with van der Waals surface area (Å²) in [5, 5.41) is 3.18. The molecule has 0 spiro atoms. The van der Waals surface area contributed by atoms with E-state index in [0.29, 0.717) is 17.7 Å². The van der Waals surface area contributed by atoms with Crippen molar-refractivity contribution in [3.63, 3.8) is 0 Å². The molecule has 0 aliphatic rings. The lowest BCUT2D eigenvalue weighted by Crippen LogP contribution is -2.25. The Morgan fingerprint density at radius 1 is 1.05 bits per heavy atom. The molecule has 1 N–H and O–H groups in total. The van der Waals surface area contributed by atoms with Gasteiger partial charge in [0.25, 0.3) is 0 Å². The summed E-state index contributed by atoms with van der Waals surface area (Å²) in [7, 11) is 0. The number of halogens is 1. The van der Waals surface area contributed by atoms with Gasteiger partial charge in [0.15, 0.2) is 5.82 Å². The zero-order valence-corrected chi connectivity index (χ0v) is 14.2. The molecule has 1 aromatic carbocycles. The molecule has 0 saturated carbocycles. The van der Waals surface area contributed by atoms with Gasteiger partial charge in [0.05, 0.1) is 0 Å². The minimum Gasteiger partial charge on any atom is -0.354 e. The molecule has 0 unspecified atom stereocenters. The molecular formula is C15H20BrN5. The number of hydrogen-bond acceptors (Lipinski definition) is 5. The molecule has 5 nitrogen and oxygen atoms in total. The maximum absolute atomic E-state index is 4.62. The SMILES string of the molecule is CCNc1nc(-c2ccccc2Br)nc(N(CC)CC)n1. The number of nitrogens with one attached hydrogen (secondary N) is 1. The van der Waals surface area contributed by atoms with Crippen LogP contribution in [0.25, 0.3) is 11.4 Å². The molecule has 0 saturated heterocycles. The van der Waals surface area contributed by atoms with Crippen LogP contribution in [-0.2, 0) is 0 Å². The van der Waals surface area contributed by atoms with Crippen molar-refractivity contribution < 1.29 is 0 Å². The number of anilines is 2. The Morgan fingerprint density at radius 3 is 2.38 bits per heavy atom. The van der Waals surface area contributed by atoms with Gasteiger partial charge < -0.3 is 10.2 Å². The van der Waals surface area contributed by atoms with E-state index >= 15 is 0 Å².